The van der Waals surface area contributed by atoms with Gasteiger partial charge in [-0.05, 0) is 12.1 Å². The van der Waals surface area contributed by atoms with E-state index >= 15 is 0 Å². The van der Waals surface area contributed by atoms with E-state index in [9.17, 15) is 14.4 Å². The monoisotopic (exact) mass is 281 g/mol. The SMILES string of the molecule is O=C(O)CSCCON1C(=O)c2ccccc2C1=O. The Balaban J connectivity index is 1.88. The summed E-state index contributed by atoms with van der Waals surface area (Å²) in [6, 6.07) is 6.49. The third-order valence-corrected chi connectivity index (χ3v) is 3.34. The smallest absolute Gasteiger partial charge is 0.313 e. The van der Waals surface area contributed by atoms with Crippen LogP contribution >= 0.6 is 11.8 Å². The predicted molar refractivity (Wildman–Crippen MR) is 67.9 cm³/mol. The van der Waals surface area contributed by atoms with Gasteiger partial charge in [0, 0.05) is 5.75 Å². The molecular formula is C12H11NO5S. The van der Waals surface area contributed by atoms with Crippen molar-refractivity contribution < 1.29 is 24.3 Å². The summed E-state index contributed by atoms with van der Waals surface area (Å²) in [7, 11) is 0. The minimum absolute atomic E-state index is 0.0362. The zero-order valence-corrected chi connectivity index (χ0v) is 10.7. The summed E-state index contributed by atoms with van der Waals surface area (Å²) < 4.78 is 0. The van der Waals surface area contributed by atoms with Crippen LogP contribution in [-0.4, -0.2) is 46.1 Å². The van der Waals surface area contributed by atoms with Crippen LogP contribution in [0.25, 0.3) is 0 Å². The minimum Gasteiger partial charge on any atom is -0.481 e. The third-order valence-electron chi connectivity index (χ3n) is 2.43. The Morgan fingerprint density at radius 2 is 1.79 bits per heavy atom. The normalized spacial score (nSPS) is 13.8. The number of thioether (sulfide) groups is 1. The van der Waals surface area contributed by atoms with Gasteiger partial charge in [-0.15, -0.1) is 16.8 Å². The zero-order chi connectivity index (χ0) is 13.8. The molecule has 1 N–H and O–H groups in total. The molecule has 2 amide bonds. The highest BCUT2D eigenvalue weighted by atomic mass is 32.2. The van der Waals surface area contributed by atoms with Crippen LogP contribution in [0.3, 0.4) is 0 Å². The van der Waals surface area contributed by atoms with Crippen LogP contribution in [0.1, 0.15) is 20.7 Å². The van der Waals surface area contributed by atoms with Gasteiger partial charge in [-0.1, -0.05) is 12.1 Å². The van der Waals surface area contributed by atoms with Crippen LogP contribution in [-0.2, 0) is 9.63 Å². The van der Waals surface area contributed by atoms with E-state index < -0.39 is 17.8 Å². The van der Waals surface area contributed by atoms with Crippen molar-refractivity contribution in [3.8, 4) is 0 Å². The highest BCUT2D eigenvalue weighted by Crippen LogP contribution is 2.22. The number of hydroxylamine groups is 2. The van der Waals surface area contributed by atoms with Crippen LogP contribution in [0.5, 0.6) is 0 Å². The first-order valence-corrected chi connectivity index (χ1v) is 6.67. The molecule has 0 saturated heterocycles. The average molecular weight is 281 g/mol. The summed E-state index contributed by atoms with van der Waals surface area (Å²) in [4.78, 5) is 39.1. The first-order chi connectivity index (χ1) is 9.11. The Hall–Kier alpha value is -1.86. The molecule has 0 radical (unpaired) electrons. The van der Waals surface area contributed by atoms with Gasteiger partial charge in [-0.2, -0.15) is 0 Å². The molecule has 0 atom stereocenters. The maximum absolute atomic E-state index is 11.9. The van der Waals surface area contributed by atoms with Gasteiger partial charge in [0.05, 0.1) is 23.5 Å². The van der Waals surface area contributed by atoms with Crippen molar-refractivity contribution in [3.05, 3.63) is 35.4 Å². The molecule has 100 valence electrons. The fraction of sp³-hybridized carbons (Fsp3) is 0.250. The van der Waals surface area contributed by atoms with Crippen molar-refractivity contribution in [1.82, 2.24) is 5.06 Å². The molecule has 6 nitrogen and oxygen atoms in total. The molecule has 0 aliphatic carbocycles. The molecule has 1 aromatic carbocycles. The van der Waals surface area contributed by atoms with Crippen LogP contribution in [0.4, 0.5) is 0 Å². The fourth-order valence-electron chi connectivity index (χ4n) is 1.63. The Morgan fingerprint density at radius 3 is 2.32 bits per heavy atom. The summed E-state index contributed by atoms with van der Waals surface area (Å²) >= 11 is 1.16. The quantitative estimate of drug-likeness (QED) is 0.619. The number of nitrogens with zero attached hydrogens (tertiary/aromatic N) is 1. The predicted octanol–water partition coefficient (Wildman–Crippen LogP) is 1.03. The number of carboxylic acids is 1. The standard InChI is InChI=1S/C12H11NO5S/c14-10(15)7-19-6-5-18-13-11(16)8-3-1-2-4-9(8)12(13)17/h1-4H,5-7H2,(H,14,15). The maximum atomic E-state index is 11.9. The highest BCUT2D eigenvalue weighted by Gasteiger charge is 2.36. The van der Waals surface area contributed by atoms with E-state index in [1.165, 1.54) is 0 Å². The molecule has 1 aliphatic rings. The molecule has 0 saturated carbocycles. The van der Waals surface area contributed by atoms with Gasteiger partial charge in [0.1, 0.15) is 0 Å². The Bertz CT molecular complexity index is 496. The van der Waals surface area contributed by atoms with Gasteiger partial charge in [-0.3, -0.25) is 19.2 Å². The van der Waals surface area contributed by atoms with E-state index in [0.717, 1.165) is 16.8 Å². The number of rotatable bonds is 6. The largest absolute Gasteiger partial charge is 0.481 e. The Kier molecular flexibility index (Phi) is 4.18. The molecule has 1 heterocycles. The number of carbonyl (C=O) groups excluding carboxylic acids is 2. The number of hydrogen-bond donors (Lipinski definition) is 1. The number of carbonyl (C=O) groups is 3. The molecule has 19 heavy (non-hydrogen) atoms. The lowest BCUT2D eigenvalue weighted by atomic mass is 10.1. The minimum atomic E-state index is -0.911. The molecule has 7 heteroatoms. The molecule has 1 aliphatic heterocycles. The molecule has 0 fully saturated rings. The van der Waals surface area contributed by atoms with Gasteiger partial charge in [-0.25, -0.2) is 0 Å². The topological polar surface area (TPSA) is 83.9 Å². The van der Waals surface area contributed by atoms with Gasteiger partial charge in [0.15, 0.2) is 0 Å². The summed E-state index contributed by atoms with van der Waals surface area (Å²) in [6.07, 6.45) is 0. The maximum Gasteiger partial charge on any atom is 0.313 e. The molecular weight excluding hydrogens is 270 g/mol. The summed E-state index contributed by atoms with van der Waals surface area (Å²) in [5.41, 5.74) is 0.649. The molecule has 0 spiro atoms. The number of hydrogen-bond acceptors (Lipinski definition) is 5. The lowest BCUT2D eigenvalue weighted by molar-refractivity contribution is -0.133. The number of fused-ring (bicyclic) bond motifs is 1. The van der Waals surface area contributed by atoms with Gasteiger partial charge < -0.3 is 5.11 Å². The third kappa shape index (κ3) is 2.94. The van der Waals surface area contributed by atoms with Crippen molar-refractivity contribution in [2.24, 2.45) is 0 Å². The zero-order valence-electron chi connectivity index (χ0n) is 9.87. The van der Waals surface area contributed by atoms with E-state index in [2.05, 4.69) is 0 Å². The van der Waals surface area contributed by atoms with Crippen molar-refractivity contribution >= 4 is 29.5 Å². The lowest BCUT2D eigenvalue weighted by Gasteiger charge is -2.12. The van der Waals surface area contributed by atoms with Gasteiger partial charge in [0.25, 0.3) is 11.8 Å². The molecule has 2 rings (SSSR count). The fourth-order valence-corrected chi connectivity index (χ4v) is 2.14. The van der Waals surface area contributed by atoms with Crippen LogP contribution in [0, 0.1) is 0 Å². The van der Waals surface area contributed by atoms with Crippen LogP contribution < -0.4 is 0 Å². The number of aliphatic carboxylic acids is 1. The summed E-state index contributed by atoms with van der Waals surface area (Å²) in [6.45, 7) is 0.101. The second-order valence-corrected chi connectivity index (χ2v) is 4.83. The number of benzene rings is 1. The number of carboxylic acid groups (broad SMARTS) is 1. The van der Waals surface area contributed by atoms with Crippen molar-refractivity contribution in [2.75, 3.05) is 18.1 Å². The second kappa shape index (κ2) is 5.85. The molecule has 0 bridgehead atoms. The van der Waals surface area contributed by atoms with E-state index in [1.54, 1.807) is 24.3 Å². The number of amides is 2. The Labute approximate surface area is 113 Å². The van der Waals surface area contributed by atoms with Gasteiger partial charge in [0.2, 0.25) is 0 Å². The second-order valence-electron chi connectivity index (χ2n) is 3.73. The first kappa shape index (κ1) is 13.6. The van der Waals surface area contributed by atoms with Crippen LogP contribution in [0.2, 0.25) is 0 Å². The first-order valence-electron chi connectivity index (χ1n) is 5.51. The summed E-state index contributed by atoms with van der Waals surface area (Å²) in [5, 5.41) is 9.17. The lowest BCUT2D eigenvalue weighted by Crippen LogP contribution is -2.30. The highest BCUT2D eigenvalue weighted by molar-refractivity contribution is 7.99. The van der Waals surface area contributed by atoms with Crippen molar-refractivity contribution in [1.29, 1.82) is 0 Å². The molecule has 1 aromatic rings. The van der Waals surface area contributed by atoms with Gasteiger partial charge >= 0.3 is 5.97 Å². The van der Waals surface area contributed by atoms with E-state index in [0.29, 0.717) is 16.9 Å². The Morgan fingerprint density at radius 1 is 1.21 bits per heavy atom. The molecule has 0 aromatic heterocycles. The van der Waals surface area contributed by atoms with E-state index in [4.69, 9.17) is 9.94 Å². The van der Waals surface area contributed by atoms with Crippen molar-refractivity contribution in [3.63, 3.8) is 0 Å². The number of imide groups is 1. The van der Waals surface area contributed by atoms with E-state index in [1.807, 2.05) is 0 Å². The van der Waals surface area contributed by atoms with E-state index in [-0.39, 0.29) is 12.4 Å². The summed E-state index contributed by atoms with van der Waals surface area (Å²) in [5.74, 6) is -1.52. The average Bonchev–Trinajstić information content (AvgIpc) is 2.63. The molecule has 0 unspecified atom stereocenters. The van der Waals surface area contributed by atoms with Crippen LogP contribution in [0.15, 0.2) is 24.3 Å². The van der Waals surface area contributed by atoms with Crippen molar-refractivity contribution in [2.45, 2.75) is 0 Å².